The van der Waals surface area contributed by atoms with E-state index in [1.165, 1.54) is 4.57 Å². The van der Waals surface area contributed by atoms with Crippen LogP contribution >= 0.6 is 23.5 Å². The maximum atomic E-state index is 12.3. The predicted octanol–water partition coefficient (Wildman–Crippen LogP) is 2.99. The van der Waals surface area contributed by atoms with E-state index in [2.05, 4.69) is 15.9 Å². The summed E-state index contributed by atoms with van der Waals surface area (Å²) < 4.78 is 18.7. The molecule has 0 saturated carbocycles. The fourth-order valence-electron chi connectivity index (χ4n) is 1.94. The number of pyridine rings is 1. The lowest BCUT2D eigenvalue weighted by atomic mass is 10.2. The van der Waals surface area contributed by atoms with Crippen LogP contribution in [-0.4, -0.2) is 22.2 Å². The Bertz CT molecular complexity index is 728. The minimum absolute atomic E-state index is 0.0806. The minimum atomic E-state index is -3.61. The monoisotopic (exact) mass is 359 g/mol. The smallest absolute Gasteiger partial charge is 0.324 e. The molecule has 1 atom stereocenters. The standard InChI is InChI=1S/C13H15BrNO4P/c1-2-19-20(17,18)8-7-15-6-5-10-9-11(14)3-4-12(10)13(15)16/h3-6,9H,2,7-8H2,1H3,(H,17,18). The number of rotatable bonds is 5. The Morgan fingerprint density at radius 2 is 2.15 bits per heavy atom. The summed E-state index contributed by atoms with van der Waals surface area (Å²) in [6, 6.07) is 7.20. The molecule has 0 aliphatic carbocycles. The highest BCUT2D eigenvalue weighted by atomic mass is 79.9. The summed E-state index contributed by atoms with van der Waals surface area (Å²) >= 11 is 3.35. The van der Waals surface area contributed by atoms with Gasteiger partial charge in [0.1, 0.15) is 0 Å². The van der Waals surface area contributed by atoms with E-state index in [0.29, 0.717) is 5.39 Å². The van der Waals surface area contributed by atoms with Gasteiger partial charge in [-0.05, 0) is 36.6 Å². The molecule has 7 heteroatoms. The fraction of sp³-hybridized carbons (Fsp3) is 0.308. The van der Waals surface area contributed by atoms with Crippen molar-refractivity contribution in [2.45, 2.75) is 13.5 Å². The van der Waals surface area contributed by atoms with Crippen LogP contribution in [0.2, 0.25) is 0 Å². The van der Waals surface area contributed by atoms with E-state index in [1.807, 2.05) is 12.1 Å². The zero-order valence-corrected chi connectivity index (χ0v) is 13.4. The second-order valence-corrected chi connectivity index (χ2v) is 7.22. The summed E-state index contributed by atoms with van der Waals surface area (Å²) in [7, 11) is -3.61. The van der Waals surface area contributed by atoms with Gasteiger partial charge < -0.3 is 14.0 Å². The van der Waals surface area contributed by atoms with E-state index in [0.717, 1.165) is 9.86 Å². The molecule has 0 radical (unpaired) electrons. The first kappa shape index (κ1) is 15.4. The molecule has 1 N–H and O–H groups in total. The van der Waals surface area contributed by atoms with Gasteiger partial charge in [-0.2, -0.15) is 0 Å². The second kappa shape index (κ2) is 6.22. The highest BCUT2D eigenvalue weighted by molar-refractivity contribution is 9.10. The number of benzene rings is 1. The molecule has 1 heterocycles. The number of nitrogens with zero attached hydrogens (tertiary/aromatic N) is 1. The number of halogens is 1. The molecule has 0 aliphatic rings. The summed E-state index contributed by atoms with van der Waals surface area (Å²) in [6.07, 6.45) is 1.55. The molecule has 0 spiro atoms. The maximum absolute atomic E-state index is 12.3. The third-order valence-electron chi connectivity index (χ3n) is 2.89. The lowest BCUT2D eigenvalue weighted by molar-refractivity contribution is 0.272. The molecule has 0 fully saturated rings. The Morgan fingerprint density at radius 1 is 1.40 bits per heavy atom. The van der Waals surface area contributed by atoms with Crippen LogP contribution in [0.5, 0.6) is 0 Å². The van der Waals surface area contributed by atoms with Crippen LogP contribution < -0.4 is 5.56 Å². The van der Waals surface area contributed by atoms with E-state index in [9.17, 15) is 14.3 Å². The highest BCUT2D eigenvalue weighted by Crippen LogP contribution is 2.41. The van der Waals surface area contributed by atoms with E-state index in [-0.39, 0.29) is 24.9 Å². The van der Waals surface area contributed by atoms with Crippen molar-refractivity contribution in [1.29, 1.82) is 0 Å². The van der Waals surface area contributed by atoms with E-state index in [4.69, 9.17) is 4.52 Å². The van der Waals surface area contributed by atoms with Crippen molar-refractivity contribution in [3.05, 3.63) is 45.3 Å². The Labute approximate surface area is 124 Å². The summed E-state index contributed by atoms with van der Waals surface area (Å²) in [6.45, 7) is 1.98. The van der Waals surface area contributed by atoms with Crippen LogP contribution in [0, 0.1) is 0 Å². The van der Waals surface area contributed by atoms with Gasteiger partial charge in [-0.1, -0.05) is 15.9 Å². The molecular weight excluding hydrogens is 345 g/mol. The van der Waals surface area contributed by atoms with Gasteiger partial charge in [-0.3, -0.25) is 9.36 Å². The number of aromatic nitrogens is 1. The Balaban J connectivity index is 2.28. The molecule has 1 aromatic carbocycles. The Kier molecular flexibility index (Phi) is 4.81. The summed E-state index contributed by atoms with van der Waals surface area (Å²) in [5.74, 6) is 0. The molecule has 1 unspecified atom stereocenters. The number of fused-ring (bicyclic) bond motifs is 1. The van der Waals surface area contributed by atoms with Gasteiger partial charge in [0, 0.05) is 22.6 Å². The Hall–Kier alpha value is -0.940. The molecular formula is C13H15BrNO4P. The molecule has 5 nitrogen and oxygen atoms in total. The fourth-order valence-corrected chi connectivity index (χ4v) is 3.31. The van der Waals surface area contributed by atoms with Crippen molar-refractivity contribution >= 4 is 34.3 Å². The normalized spacial score (nSPS) is 14.3. The van der Waals surface area contributed by atoms with Gasteiger partial charge in [0.15, 0.2) is 0 Å². The van der Waals surface area contributed by atoms with Crippen molar-refractivity contribution < 1.29 is 14.0 Å². The van der Waals surface area contributed by atoms with Crippen LogP contribution in [0.4, 0.5) is 0 Å². The zero-order valence-electron chi connectivity index (χ0n) is 11.0. The summed E-state index contributed by atoms with van der Waals surface area (Å²) in [5, 5.41) is 1.41. The average molecular weight is 360 g/mol. The van der Waals surface area contributed by atoms with Crippen LogP contribution in [0.1, 0.15) is 6.92 Å². The molecule has 108 valence electrons. The van der Waals surface area contributed by atoms with Crippen molar-refractivity contribution in [2.75, 3.05) is 12.8 Å². The van der Waals surface area contributed by atoms with Crippen molar-refractivity contribution in [3.63, 3.8) is 0 Å². The minimum Gasteiger partial charge on any atom is -0.324 e. The first-order valence-electron chi connectivity index (χ1n) is 6.18. The molecule has 2 aromatic rings. The molecule has 0 amide bonds. The lowest BCUT2D eigenvalue weighted by Crippen LogP contribution is -2.21. The number of hydrogen-bond acceptors (Lipinski definition) is 3. The average Bonchev–Trinajstić information content (AvgIpc) is 2.37. The van der Waals surface area contributed by atoms with Crippen LogP contribution in [0.25, 0.3) is 10.8 Å². The number of aryl methyl sites for hydroxylation is 1. The van der Waals surface area contributed by atoms with Crippen molar-refractivity contribution in [2.24, 2.45) is 0 Å². The molecule has 20 heavy (non-hydrogen) atoms. The van der Waals surface area contributed by atoms with Gasteiger partial charge in [-0.15, -0.1) is 0 Å². The third-order valence-corrected chi connectivity index (χ3v) is 4.81. The predicted molar refractivity (Wildman–Crippen MR) is 82.2 cm³/mol. The van der Waals surface area contributed by atoms with Gasteiger partial charge in [0.05, 0.1) is 12.8 Å². The maximum Gasteiger partial charge on any atom is 0.329 e. The molecule has 0 bridgehead atoms. The summed E-state index contributed by atoms with van der Waals surface area (Å²) in [4.78, 5) is 21.8. The second-order valence-electron chi connectivity index (χ2n) is 4.32. The molecule has 2 rings (SSSR count). The molecule has 0 aliphatic heterocycles. The van der Waals surface area contributed by atoms with E-state index < -0.39 is 7.60 Å². The first-order valence-corrected chi connectivity index (χ1v) is 8.73. The van der Waals surface area contributed by atoms with Gasteiger partial charge in [0.2, 0.25) is 0 Å². The van der Waals surface area contributed by atoms with E-state index in [1.54, 1.807) is 25.3 Å². The van der Waals surface area contributed by atoms with Crippen LogP contribution in [0.3, 0.4) is 0 Å². The molecule has 0 saturated heterocycles. The number of hydrogen-bond donors (Lipinski definition) is 1. The zero-order chi connectivity index (χ0) is 14.8. The van der Waals surface area contributed by atoms with Crippen LogP contribution in [0.15, 0.2) is 39.7 Å². The van der Waals surface area contributed by atoms with Gasteiger partial charge >= 0.3 is 7.60 Å². The summed E-state index contributed by atoms with van der Waals surface area (Å²) in [5.41, 5.74) is -0.175. The van der Waals surface area contributed by atoms with Crippen molar-refractivity contribution in [1.82, 2.24) is 4.57 Å². The van der Waals surface area contributed by atoms with Gasteiger partial charge in [-0.25, -0.2) is 0 Å². The molecule has 1 aromatic heterocycles. The van der Waals surface area contributed by atoms with Gasteiger partial charge in [0.25, 0.3) is 5.56 Å². The topological polar surface area (TPSA) is 68.5 Å². The first-order chi connectivity index (χ1) is 9.43. The third kappa shape index (κ3) is 3.58. The quantitative estimate of drug-likeness (QED) is 0.833. The SMILES string of the molecule is CCOP(=O)(O)CCn1ccc2cc(Br)ccc2c1=O. The highest BCUT2D eigenvalue weighted by Gasteiger charge is 2.18. The largest absolute Gasteiger partial charge is 0.329 e. The van der Waals surface area contributed by atoms with Crippen molar-refractivity contribution in [3.8, 4) is 0 Å². The van der Waals surface area contributed by atoms with E-state index >= 15 is 0 Å². The lowest BCUT2D eigenvalue weighted by Gasteiger charge is -2.12. The Morgan fingerprint density at radius 3 is 2.85 bits per heavy atom. The van der Waals surface area contributed by atoms with Crippen LogP contribution in [-0.2, 0) is 15.6 Å².